The SMILES string of the molecule is C=C(OCc1ccc(NC)cc1)C1CCC1. The first-order valence-corrected chi connectivity index (χ1v) is 5.88. The van der Waals surface area contributed by atoms with Crippen LogP contribution in [0.3, 0.4) is 0 Å². The molecule has 1 aromatic rings. The maximum atomic E-state index is 5.69. The van der Waals surface area contributed by atoms with Crippen LogP contribution >= 0.6 is 0 Å². The monoisotopic (exact) mass is 217 g/mol. The lowest BCUT2D eigenvalue weighted by molar-refractivity contribution is 0.137. The number of allylic oxidation sites excluding steroid dienone is 1. The fraction of sp³-hybridized carbons (Fsp3) is 0.429. The summed E-state index contributed by atoms with van der Waals surface area (Å²) in [7, 11) is 1.92. The second-order valence-corrected chi connectivity index (χ2v) is 4.33. The number of anilines is 1. The van der Waals surface area contributed by atoms with Gasteiger partial charge in [-0.2, -0.15) is 0 Å². The average Bonchev–Trinajstić information content (AvgIpc) is 2.25. The van der Waals surface area contributed by atoms with Gasteiger partial charge in [-0.15, -0.1) is 0 Å². The van der Waals surface area contributed by atoms with Crippen molar-refractivity contribution in [1.82, 2.24) is 0 Å². The van der Waals surface area contributed by atoms with Crippen molar-refractivity contribution in [2.24, 2.45) is 5.92 Å². The third-order valence-electron chi connectivity index (χ3n) is 3.23. The van der Waals surface area contributed by atoms with E-state index in [4.69, 9.17) is 4.74 Å². The first-order chi connectivity index (χ1) is 7.79. The molecule has 0 heterocycles. The zero-order valence-electron chi connectivity index (χ0n) is 9.83. The molecule has 16 heavy (non-hydrogen) atoms. The van der Waals surface area contributed by atoms with Crippen molar-refractivity contribution >= 4 is 5.69 Å². The third kappa shape index (κ3) is 2.57. The van der Waals surface area contributed by atoms with E-state index >= 15 is 0 Å². The van der Waals surface area contributed by atoms with Crippen LogP contribution in [0.5, 0.6) is 0 Å². The van der Waals surface area contributed by atoms with E-state index in [0.717, 1.165) is 11.4 Å². The fourth-order valence-electron chi connectivity index (χ4n) is 1.79. The van der Waals surface area contributed by atoms with Crippen LogP contribution in [0.25, 0.3) is 0 Å². The molecule has 1 aliphatic carbocycles. The summed E-state index contributed by atoms with van der Waals surface area (Å²) in [6.07, 6.45) is 3.82. The zero-order valence-corrected chi connectivity index (χ0v) is 9.83. The second-order valence-electron chi connectivity index (χ2n) is 4.33. The van der Waals surface area contributed by atoms with E-state index in [9.17, 15) is 0 Å². The van der Waals surface area contributed by atoms with Gasteiger partial charge < -0.3 is 10.1 Å². The lowest BCUT2D eigenvalue weighted by Crippen LogP contribution is -2.14. The third-order valence-corrected chi connectivity index (χ3v) is 3.23. The smallest absolute Gasteiger partial charge is 0.113 e. The van der Waals surface area contributed by atoms with E-state index in [1.54, 1.807) is 0 Å². The topological polar surface area (TPSA) is 21.3 Å². The summed E-state index contributed by atoms with van der Waals surface area (Å²) >= 11 is 0. The average molecular weight is 217 g/mol. The molecule has 1 N–H and O–H groups in total. The van der Waals surface area contributed by atoms with Gasteiger partial charge in [0.2, 0.25) is 0 Å². The van der Waals surface area contributed by atoms with Gasteiger partial charge in [-0.25, -0.2) is 0 Å². The highest BCUT2D eigenvalue weighted by atomic mass is 16.5. The first kappa shape index (κ1) is 11.1. The van der Waals surface area contributed by atoms with Crippen molar-refractivity contribution < 1.29 is 4.74 Å². The van der Waals surface area contributed by atoms with E-state index in [-0.39, 0.29) is 0 Å². The molecule has 0 atom stereocenters. The second kappa shape index (κ2) is 5.06. The molecule has 1 saturated carbocycles. The maximum Gasteiger partial charge on any atom is 0.113 e. The first-order valence-electron chi connectivity index (χ1n) is 5.88. The van der Waals surface area contributed by atoms with E-state index in [1.807, 2.05) is 7.05 Å². The minimum absolute atomic E-state index is 0.608. The normalized spacial score (nSPS) is 15.3. The Labute approximate surface area is 97.3 Å². The Hall–Kier alpha value is -1.44. The predicted molar refractivity (Wildman–Crippen MR) is 67.3 cm³/mol. The minimum Gasteiger partial charge on any atom is -0.494 e. The van der Waals surface area contributed by atoms with Crippen LogP contribution in [0.4, 0.5) is 5.69 Å². The molecule has 0 bridgehead atoms. The van der Waals surface area contributed by atoms with Crippen molar-refractivity contribution in [2.45, 2.75) is 25.9 Å². The maximum absolute atomic E-state index is 5.69. The number of nitrogens with one attached hydrogen (secondary N) is 1. The Bertz CT molecular complexity index is 352. The molecule has 1 aromatic carbocycles. The van der Waals surface area contributed by atoms with Gasteiger partial charge in [0, 0.05) is 18.7 Å². The van der Waals surface area contributed by atoms with Gasteiger partial charge in [0.1, 0.15) is 6.61 Å². The van der Waals surface area contributed by atoms with Crippen molar-refractivity contribution in [1.29, 1.82) is 0 Å². The summed E-state index contributed by atoms with van der Waals surface area (Å²) in [6, 6.07) is 8.29. The van der Waals surface area contributed by atoms with Gasteiger partial charge in [-0.1, -0.05) is 25.1 Å². The lowest BCUT2D eigenvalue weighted by atomic mass is 9.84. The quantitative estimate of drug-likeness (QED) is 0.761. The van der Waals surface area contributed by atoms with E-state index in [0.29, 0.717) is 12.5 Å². The molecule has 1 aliphatic rings. The van der Waals surface area contributed by atoms with E-state index in [2.05, 4.69) is 36.2 Å². The molecular weight excluding hydrogens is 198 g/mol. The number of hydrogen-bond donors (Lipinski definition) is 1. The molecule has 86 valence electrons. The summed E-state index contributed by atoms with van der Waals surface area (Å²) < 4.78 is 5.69. The number of rotatable bonds is 5. The number of ether oxygens (including phenoxy) is 1. The Kier molecular flexibility index (Phi) is 3.50. The van der Waals surface area contributed by atoms with Crippen LogP contribution in [-0.4, -0.2) is 7.05 Å². The fourth-order valence-corrected chi connectivity index (χ4v) is 1.79. The molecular formula is C14H19NO. The molecule has 2 rings (SSSR count). The molecule has 0 saturated heterocycles. The lowest BCUT2D eigenvalue weighted by Gasteiger charge is -2.27. The number of hydrogen-bond acceptors (Lipinski definition) is 2. The highest BCUT2D eigenvalue weighted by molar-refractivity contribution is 5.43. The molecule has 2 heteroatoms. The summed E-state index contributed by atoms with van der Waals surface area (Å²) in [4.78, 5) is 0. The molecule has 0 unspecified atom stereocenters. The summed E-state index contributed by atoms with van der Waals surface area (Å²) in [5, 5.41) is 3.10. The molecule has 1 fully saturated rings. The molecule has 0 radical (unpaired) electrons. The van der Waals surface area contributed by atoms with Gasteiger partial charge in [0.25, 0.3) is 0 Å². The molecule has 0 aromatic heterocycles. The van der Waals surface area contributed by atoms with Crippen LogP contribution in [0.15, 0.2) is 36.6 Å². The largest absolute Gasteiger partial charge is 0.494 e. The highest BCUT2D eigenvalue weighted by Gasteiger charge is 2.21. The molecule has 2 nitrogen and oxygen atoms in total. The summed E-state index contributed by atoms with van der Waals surface area (Å²) in [5.74, 6) is 1.57. The summed E-state index contributed by atoms with van der Waals surface area (Å²) in [5.41, 5.74) is 2.32. The Morgan fingerprint density at radius 1 is 1.38 bits per heavy atom. The Balaban J connectivity index is 1.81. The van der Waals surface area contributed by atoms with E-state index < -0.39 is 0 Å². The minimum atomic E-state index is 0.608. The Morgan fingerprint density at radius 3 is 2.56 bits per heavy atom. The van der Waals surface area contributed by atoms with Gasteiger partial charge in [-0.3, -0.25) is 0 Å². The van der Waals surface area contributed by atoms with Crippen molar-refractivity contribution in [2.75, 3.05) is 12.4 Å². The van der Waals surface area contributed by atoms with Crippen LogP contribution in [0.1, 0.15) is 24.8 Å². The Morgan fingerprint density at radius 2 is 2.06 bits per heavy atom. The van der Waals surface area contributed by atoms with Crippen molar-refractivity contribution in [3.63, 3.8) is 0 Å². The molecule has 0 spiro atoms. The van der Waals surface area contributed by atoms with Crippen LogP contribution in [-0.2, 0) is 11.3 Å². The van der Waals surface area contributed by atoms with E-state index in [1.165, 1.54) is 24.8 Å². The predicted octanol–water partition coefficient (Wildman–Crippen LogP) is 3.56. The van der Waals surface area contributed by atoms with Crippen molar-refractivity contribution in [3.05, 3.63) is 42.2 Å². The van der Waals surface area contributed by atoms with Gasteiger partial charge >= 0.3 is 0 Å². The standard InChI is InChI=1S/C14H19NO/c1-11(13-4-3-5-13)16-10-12-6-8-14(15-2)9-7-12/h6-9,13,15H,1,3-5,10H2,2H3. The molecule has 0 aliphatic heterocycles. The van der Waals surface area contributed by atoms with Gasteiger partial charge in [-0.05, 0) is 30.5 Å². The number of benzene rings is 1. The zero-order chi connectivity index (χ0) is 11.4. The summed E-state index contributed by atoms with van der Waals surface area (Å²) in [6.45, 7) is 4.63. The van der Waals surface area contributed by atoms with Gasteiger partial charge in [0.15, 0.2) is 0 Å². The van der Waals surface area contributed by atoms with Crippen LogP contribution < -0.4 is 5.32 Å². The van der Waals surface area contributed by atoms with Crippen LogP contribution in [0.2, 0.25) is 0 Å². The van der Waals surface area contributed by atoms with Gasteiger partial charge in [0.05, 0.1) is 5.76 Å². The van der Waals surface area contributed by atoms with Crippen molar-refractivity contribution in [3.8, 4) is 0 Å². The molecule has 0 amide bonds. The van der Waals surface area contributed by atoms with Crippen LogP contribution in [0, 0.1) is 5.92 Å². The highest BCUT2D eigenvalue weighted by Crippen LogP contribution is 2.33.